The molecule has 0 aliphatic carbocycles. The normalized spacial score (nSPS) is 20.4. The number of rotatable bonds is 4. The van der Waals surface area contributed by atoms with Crippen LogP contribution in [0.25, 0.3) is 0 Å². The summed E-state index contributed by atoms with van der Waals surface area (Å²) >= 11 is 0. The Balaban J connectivity index is 2.11. The van der Waals surface area contributed by atoms with Crippen molar-refractivity contribution in [3.63, 3.8) is 0 Å². The van der Waals surface area contributed by atoms with E-state index in [-0.39, 0.29) is 12.6 Å². The van der Waals surface area contributed by atoms with Crippen LogP contribution in [0, 0.1) is 0 Å². The molecule has 0 aromatic carbocycles. The van der Waals surface area contributed by atoms with Crippen LogP contribution in [0.5, 0.6) is 0 Å². The first kappa shape index (κ1) is 11.4. The number of morpholine rings is 1. The van der Waals surface area contributed by atoms with Crippen LogP contribution < -0.4 is 0 Å². The van der Waals surface area contributed by atoms with Gasteiger partial charge in [-0.3, -0.25) is 9.69 Å². The van der Waals surface area contributed by atoms with E-state index in [1.807, 2.05) is 0 Å². The number of ether oxygens (including phenoxy) is 2. The lowest BCUT2D eigenvalue weighted by Crippen LogP contribution is -2.42. The van der Waals surface area contributed by atoms with Gasteiger partial charge in [-0.25, -0.2) is 0 Å². The molecule has 0 unspecified atom stereocenters. The second kappa shape index (κ2) is 5.95. The first-order valence-corrected chi connectivity index (χ1v) is 4.80. The molecule has 1 atom stereocenters. The summed E-state index contributed by atoms with van der Waals surface area (Å²) in [4.78, 5) is 12.6. The van der Waals surface area contributed by atoms with Gasteiger partial charge in [-0.05, 0) is 0 Å². The molecule has 1 aliphatic heterocycles. The number of esters is 1. The van der Waals surface area contributed by atoms with Crippen LogP contribution in [0.2, 0.25) is 0 Å². The fraction of sp³-hybridized carbons (Fsp3) is 0.889. The molecular formula is C9H17NO4. The Hall–Kier alpha value is -0.650. The smallest absolute Gasteiger partial charge is 0.302 e. The number of hydrogen-bond acceptors (Lipinski definition) is 5. The molecule has 1 rings (SSSR count). The third-order valence-corrected chi connectivity index (χ3v) is 2.05. The van der Waals surface area contributed by atoms with E-state index in [1.165, 1.54) is 6.92 Å². The van der Waals surface area contributed by atoms with Gasteiger partial charge in [0, 0.05) is 26.6 Å². The Morgan fingerprint density at radius 3 is 2.79 bits per heavy atom. The number of β-amino-alcohol motifs (C(OH)–C–C–N with tert-alkyl or cyclic N) is 1. The van der Waals surface area contributed by atoms with E-state index in [2.05, 4.69) is 4.90 Å². The Morgan fingerprint density at radius 2 is 2.21 bits per heavy atom. The van der Waals surface area contributed by atoms with Crippen molar-refractivity contribution in [3.8, 4) is 0 Å². The molecule has 0 aromatic rings. The van der Waals surface area contributed by atoms with E-state index in [4.69, 9.17) is 9.47 Å². The minimum Gasteiger partial charge on any atom is -0.463 e. The van der Waals surface area contributed by atoms with Crippen LogP contribution in [0.1, 0.15) is 6.92 Å². The Kier molecular flexibility index (Phi) is 4.86. The maximum Gasteiger partial charge on any atom is 0.302 e. The predicted molar refractivity (Wildman–Crippen MR) is 49.9 cm³/mol. The van der Waals surface area contributed by atoms with E-state index >= 15 is 0 Å². The van der Waals surface area contributed by atoms with Gasteiger partial charge >= 0.3 is 5.97 Å². The molecule has 5 heteroatoms. The van der Waals surface area contributed by atoms with Crippen molar-refractivity contribution in [1.29, 1.82) is 0 Å². The highest BCUT2D eigenvalue weighted by atomic mass is 16.5. The first-order chi connectivity index (χ1) is 6.68. The lowest BCUT2D eigenvalue weighted by molar-refractivity contribution is -0.144. The highest BCUT2D eigenvalue weighted by Gasteiger charge is 2.15. The number of hydrogen-bond donors (Lipinski definition) is 1. The van der Waals surface area contributed by atoms with E-state index in [0.717, 1.165) is 13.1 Å². The molecule has 1 aliphatic rings. The number of nitrogens with zero attached hydrogens (tertiary/aromatic N) is 1. The molecular weight excluding hydrogens is 186 g/mol. The van der Waals surface area contributed by atoms with E-state index in [1.54, 1.807) is 0 Å². The van der Waals surface area contributed by atoms with Crippen molar-refractivity contribution in [1.82, 2.24) is 4.90 Å². The van der Waals surface area contributed by atoms with Gasteiger partial charge in [0.2, 0.25) is 0 Å². The quantitative estimate of drug-likeness (QED) is 0.609. The van der Waals surface area contributed by atoms with E-state index in [0.29, 0.717) is 19.8 Å². The Labute approximate surface area is 83.6 Å². The molecule has 82 valence electrons. The second-order valence-corrected chi connectivity index (χ2v) is 3.37. The zero-order chi connectivity index (χ0) is 10.4. The minimum atomic E-state index is -0.600. The first-order valence-electron chi connectivity index (χ1n) is 4.80. The van der Waals surface area contributed by atoms with Crippen molar-refractivity contribution in [2.45, 2.75) is 13.0 Å². The molecule has 0 aromatic heterocycles. The van der Waals surface area contributed by atoms with Crippen molar-refractivity contribution in [2.24, 2.45) is 0 Å². The van der Waals surface area contributed by atoms with Crippen LogP contribution in [0.15, 0.2) is 0 Å². The summed E-state index contributed by atoms with van der Waals surface area (Å²) in [6.45, 7) is 5.03. The van der Waals surface area contributed by atoms with Gasteiger partial charge < -0.3 is 14.6 Å². The predicted octanol–water partition coefficient (Wildman–Crippen LogP) is -0.757. The third kappa shape index (κ3) is 4.55. The maximum absolute atomic E-state index is 10.5. The van der Waals surface area contributed by atoms with Crippen molar-refractivity contribution in [2.75, 3.05) is 39.5 Å². The molecule has 1 N–H and O–H groups in total. The molecule has 0 radical (unpaired) electrons. The molecule has 5 nitrogen and oxygen atoms in total. The number of aliphatic hydroxyl groups is 1. The van der Waals surface area contributed by atoms with E-state index in [9.17, 15) is 9.90 Å². The van der Waals surface area contributed by atoms with Crippen molar-refractivity contribution >= 4 is 5.97 Å². The largest absolute Gasteiger partial charge is 0.463 e. The Morgan fingerprint density at radius 1 is 1.57 bits per heavy atom. The van der Waals surface area contributed by atoms with Gasteiger partial charge in [-0.1, -0.05) is 0 Å². The highest BCUT2D eigenvalue weighted by molar-refractivity contribution is 5.65. The highest BCUT2D eigenvalue weighted by Crippen LogP contribution is 1.99. The van der Waals surface area contributed by atoms with E-state index < -0.39 is 6.10 Å². The zero-order valence-electron chi connectivity index (χ0n) is 8.44. The molecule has 14 heavy (non-hydrogen) atoms. The second-order valence-electron chi connectivity index (χ2n) is 3.37. The number of carbonyl (C=O) groups is 1. The van der Waals surface area contributed by atoms with Crippen LogP contribution in [-0.4, -0.2) is 61.5 Å². The molecule has 0 bridgehead atoms. The topological polar surface area (TPSA) is 59.0 Å². The molecule has 0 spiro atoms. The lowest BCUT2D eigenvalue weighted by Gasteiger charge is -2.28. The summed E-state index contributed by atoms with van der Waals surface area (Å²) < 4.78 is 9.87. The zero-order valence-corrected chi connectivity index (χ0v) is 8.44. The summed E-state index contributed by atoms with van der Waals surface area (Å²) in [5.74, 6) is -0.356. The van der Waals surface area contributed by atoms with Gasteiger partial charge in [-0.15, -0.1) is 0 Å². The fourth-order valence-electron chi connectivity index (χ4n) is 1.35. The summed E-state index contributed by atoms with van der Waals surface area (Å²) in [6, 6.07) is 0. The minimum absolute atomic E-state index is 0.0761. The summed E-state index contributed by atoms with van der Waals surface area (Å²) in [5.41, 5.74) is 0. The molecule has 1 fully saturated rings. The SMILES string of the molecule is CC(=O)OC[C@H](O)CN1CCOCC1. The summed E-state index contributed by atoms with van der Waals surface area (Å²) in [7, 11) is 0. The van der Waals surface area contributed by atoms with Crippen LogP contribution in [-0.2, 0) is 14.3 Å². The number of aliphatic hydroxyl groups excluding tert-OH is 1. The summed E-state index contributed by atoms with van der Waals surface area (Å²) in [6.07, 6.45) is -0.600. The molecule has 0 saturated carbocycles. The van der Waals surface area contributed by atoms with Gasteiger partial charge in [0.15, 0.2) is 0 Å². The van der Waals surface area contributed by atoms with Gasteiger partial charge in [0.05, 0.1) is 13.2 Å². The Bertz CT molecular complexity index is 180. The van der Waals surface area contributed by atoms with Crippen molar-refractivity contribution < 1.29 is 19.4 Å². The van der Waals surface area contributed by atoms with Gasteiger partial charge in [0.1, 0.15) is 12.7 Å². The molecule has 0 amide bonds. The van der Waals surface area contributed by atoms with Crippen LogP contribution in [0.4, 0.5) is 0 Å². The van der Waals surface area contributed by atoms with Crippen molar-refractivity contribution in [3.05, 3.63) is 0 Å². The van der Waals surface area contributed by atoms with Gasteiger partial charge in [0.25, 0.3) is 0 Å². The molecule has 1 saturated heterocycles. The average Bonchev–Trinajstić information content (AvgIpc) is 2.16. The summed E-state index contributed by atoms with van der Waals surface area (Å²) in [5, 5.41) is 9.49. The average molecular weight is 203 g/mol. The van der Waals surface area contributed by atoms with Crippen LogP contribution >= 0.6 is 0 Å². The third-order valence-electron chi connectivity index (χ3n) is 2.05. The van der Waals surface area contributed by atoms with Crippen LogP contribution in [0.3, 0.4) is 0 Å². The number of carbonyl (C=O) groups excluding carboxylic acids is 1. The van der Waals surface area contributed by atoms with Gasteiger partial charge in [-0.2, -0.15) is 0 Å². The monoisotopic (exact) mass is 203 g/mol. The lowest BCUT2D eigenvalue weighted by atomic mass is 10.3. The molecule has 1 heterocycles. The standard InChI is InChI=1S/C9H17NO4/c1-8(11)14-7-9(12)6-10-2-4-13-5-3-10/h9,12H,2-7H2,1H3/t9-/m1/s1. The maximum atomic E-state index is 10.5. The fourth-order valence-corrected chi connectivity index (χ4v) is 1.35.